The molecule has 0 saturated heterocycles. The van der Waals surface area contributed by atoms with Crippen LogP contribution in [-0.2, 0) is 27.9 Å². The zero-order valence-electron chi connectivity index (χ0n) is 44.9. The van der Waals surface area contributed by atoms with Gasteiger partial charge in [-0.05, 0) is 83.1 Å². The number of nitrogens with one attached hydrogen (secondary N) is 1. The third-order valence-corrected chi connectivity index (χ3v) is 13.5. The van der Waals surface area contributed by atoms with Crippen LogP contribution >= 0.6 is 7.82 Å². The SMILES string of the molecule is CCCCCCCCC/C=C\CCCCCC(=O)OC(/C=C/CCCCCCCCCCC)C(COP(=O)([O-])OCC[N+](C)(C)C)NC(=O)CCCCCCC/C=C/CCCCCCCCC. The van der Waals surface area contributed by atoms with Crippen LogP contribution in [0, 0.1) is 0 Å². The van der Waals surface area contributed by atoms with Crippen LogP contribution in [0.25, 0.3) is 0 Å². The molecule has 0 aromatic heterocycles. The lowest BCUT2D eigenvalue weighted by atomic mass is 10.1. The maximum Gasteiger partial charge on any atom is 0.306 e. The summed E-state index contributed by atoms with van der Waals surface area (Å²) in [4.78, 5) is 39.8. The summed E-state index contributed by atoms with van der Waals surface area (Å²) in [6.45, 7) is 6.82. The maximum absolute atomic E-state index is 13.5. The van der Waals surface area contributed by atoms with Gasteiger partial charge in [-0.25, -0.2) is 0 Å². The minimum absolute atomic E-state index is 0.0249. The Balaban J connectivity index is 5.36. The number of phosphoric acid groups is 1. The second-order valence-electron chi connectivity index (χ2n) is 20.4. The summed E-state index contributed by atoms with van der Waals surface area (Å²) in [7, 11) is 1.18. The highest BCUT2D eigenvalue weighted by Gasteiger charge is 2.27. The molecule has 0 bridgehead atoms. The summed E-state index contributed by atoms with van der Waals surface area (Å²) >= 11 is 0. The highest BCUT2D eigenvalue weighted by molar-refractivity contribution is 7.45. The van der Waals surface area contributed by atoms with Crippen LogP contribution in [0.15, 0.2) is 36.5 Å². The highest BCUT2D eigenvalue weighted by Crippen LogP contribution is 2.38. The molecule has 0 aromatic rings. The number of carbonyl (C=O) groups excluding carboxylic acids is 2. The van der Waals surface area contributed by atoms with Gasteiger partial charge in [0, 0.05) is 12.8 Å². The van der Waals surface area contributed by atoms with Gasteiger partial charge >= 0.3 is 5.97 Å². The maximum atomic E-state index is 13.5. The Morgan fingerprint density at radius 3 is 1.28 bits per heavy atom. The Morgan fingerprint density at radius 1 is 0.507 bits per heavy atom. The van der Waals surface area contributed by atoms with Crippen molar-refractivity contribution in [2.45, 2.75) is 277 Å². The van der Waals surface area contributed by atoms with Crippen LogP contribution in [0.1, 0.15) is 265 Å². The Morgan fingerprint density at radius 2 is 0.866 bits per heavy atom. The monoisotopic (exact) mass is 965 g/mol. The van der Waals surface area contributed by atoms with E-state index < -0.39 is 26.6 Å². The van der Waals surface area contributed by atoms with Crippen molar-refractivity contribution < 1.29 is 37.3 Å². The molecular formula is C57H109N2O7P. The molecule has 67 heavy (non-hydrogen) atoms. The molecule has 9 nitrogen and oxygen atoms in total. The molecule has 0 aliphatic carbocycles. The Labute approximate surface area is 415 Å². The van der Waals surface area contributed by atoms with Crippen molar-refractivity contribution in [3.8, 4) is 0 Å². The number of likely N-dealkylation sites (N-methyl/N-ethyl adjacent to an activating group) is 1. The number of phosphoric ester groups is 1. The number of hydrogen-bond acceptors (Lipinski definition) is 7. The highest BCUT2D eigenvalue weighted by atomic mass is 31.2. The number of rotatable bonds is 51. The molecule has 0 rings (SSSR count). The number of unbranched alkanes of at least 4 members (excludes halogenated alkanes) is 31. The summed E-state index contributed by atoms with van der Waals surface area (Å²) in [5, 5.41) is 3.01. The van der Waals surface area contributed by atoms with E-state index in [0.29, 0.717) is 23.9 Å². The summed E-state index contributed by atoms with van der Waals surface area (Å²) < 4.78 is 30.2. The number of hydrogen-bond donors (Lipinski definition) is 1. The molecule has 394 valence electrons. The van der Waals surface area contributed by atoms with Crippen LogP contribution < -0.4 is 10.2 Å². The van der Waals surface area contributed by atoms with Crippen molar-refractivity contribution in [3.63, 3.8) is 0 Å². The zero-order chi connectivity index (χ0) is 49.4. The summed E-state index contributed by atoms with van der Waals surface area (Å²) in [5.74, 6) is -0.564. The Kier molecular flexibility index (Phi) is 46.6. The lowest BCUT2D eigenvalue weighted by molar-refractivity contribution is -0.870. The van der Waals surface area contributed by atoms with Crippen LogP contribution in [-0.4, -0.2) is 69.4 Å². The number of nitrogens with zero attached hydrogens (tertiary/aromatic N) is 1. The fraction of sp³-hybridized carbons (Fsp3) is 0.860. The number of ether oxygens (including phenoxy) is 1. The van der Waals surface area contributed by atoms with E-state index in [0.717, 1.165) is 83.5 Å². The van der Waals surface area contributed by atoms with Gasteiger partial charge in [0.25, 0.3) is 7.82 Å². The van der Waals surface area contributed by atoms with Gasteiger partial charge < -0.3 is 28.5 Å². The molecule has 0 radical (unpaired) electrons. The van der Waals surface area contributed by atoms with E-state index in [1.165, 1.54) is 141 Å². The van der Waals surface area contributed by atoms with E-state index in [9.17, 15) is 19.0 Å². The molecule has 3 atom stereocenters. The van der Waals surface area contributed by atoms with Gasteiger partial charge in [-0.3, -0.25) is 14.2 Å². The van der Waals surface area contributed by atoms with Crippen molar-refractivity contribution in [1.82, 2.24) is 5.32 Å². The summed E-state index contributed by atoms with van der Waals surface area (Å²) in [6, 6.07) is -0.894. The smallest absolute Gasteiger partial charge is 0.306 e. The number of amides is 1. The van der Waals surface area contributed by atoms with E-state index in [1.807, 2.05) is 33.3 Å². The second kappa shape index (κ2) is 47.9. The minimum atomic E-state index is -4.69. The number of esters is 1. The largest absolute Gasteiger partial charge is 0.756 e. The molecule has 0 spiro atoms. The lowest BCUT2D eigenvalue weighted by Gasteiger charge is -2.30. The first kappa shape index (κ1) is 65.2. The van der Waals surface area contributed by atoms with Crippen molar-refractivity contribution in [1.29, 1.82) is 0 Å². The van der Waals surface area contributed by atoms with Crippen LogP contribution in [0.4, 0.5) is 0 Å². The minimum Gasteiger partial charge on any atom is -0.756 e. The van der Waals surface area contributed by atoms with Crippen LogP contribution in [0.2, 0.25) is 0 Å². The molecule has 1 amide bonds. The van der Waals surface area contributed by atoms with E-state index in [4.69, 9.17) is 13.8 Å². The topological polar surface area (TPSA) is 114 Å². The molecule has 0 aliphatic rings. The number of allylic oxidation sites excluding steroid dienone is 5. The van der Waals surface area contributed by atoms with Gasteiger partial charge in [0.05, 0.1) is 33.8 Å². The molecule has 1 N–H and O–H groups in total. The lowest BCUT2D eigenvalue weighted by Crippen LogP contribution is -2.47. The Bertz CT molecular complexity index is 1250. The van der Waals surface area contributed by atoms with Crippen molar-refractivity contribution in [2.75, 3.05) is 40.9 Å². The molecule has 0 saturated carbocycles. The first-order chi connectivity index (χ1) is 32.4. The fourth-order valence-corrected chi connectivity index (χ4v) is 8.82. The normalized spacial score (nSPS) is 14.1. The molecule has 10 heteroatoms. The van der Waals surface area contributed by atoms with Crippen molar-refractivity contribution in [3.05, 3.63) is 36.5 Å². The molecule has 0 aliphatic heterocycles. The molecule has 0 fully saturated rings. The quantitative estimate of drug-likeness (QED) is 0.0212. The predicted octanol–water partition coefficient (Wildman–Crippen LogP) is 16.1. The average molecular weight is 965 g/mol. The van der Waals surface area contributed by atoms with Crippen LogP contribution in [0.5, 0.6) is 0 Å². The zero-order valence-corrected chi connectivity index (χ0v) is 45.8. The van der Waals surface area contributed by atoms with Gasteiger partial charge in [-0.15, -0.1) is 0 Å². The van der Waals surface area contributed by atoms with Gasteiger partial charge in [0.15, 0.2) is 0 Å². The van der Waals surface area contributed by atoms with Gasteiger partial charge in [0.1, 0.15) is 19.3 Å². The average Bonchev–Trinajstić information content (AvgIpc) is 3.28. The van der Waals surface area contributed by atoms with Crippen molar-refractivity contribution in [2.24, 2.45) is 0 Å². The predicted molar refractivity (Wildman–Crippen MR) is 284 cm³/mol. The first-order valence-corrected chi connectivity index (χ1v) is 29.8. The third kappa shape index (κ3) is 49.0. The van der Waals surface area contributed by atoms with E-state index >= 15 is 0 Å². The van der Waals surface area contributed by atoms with E-state index in [1.54, 1.807) is 0 Å². The third-order valence-electron chi connectivity index (χ3n) is 12.5. The fourth-order valence-electron chi connectivity index (χ4n) is 8.10. The first-order valence-electron chi connectivity index (χ1n) is 28.3. The number of quaternary nitrogens is 1. The second-order valence-corrected chi connectivity index (χ2v) is 21.8. The standard InChI is InChI=1S/C57H109N2O7P/c1-7-10-13-16-19-22-25-27-29-30-31-34-37-40-43-46-49-56(60)58-54(53-65-67(62,63)64-52-51-59(4,5)6)55(48-45-42-39-36-33-24-21-18-15-12-9-3)66-57(61)50-47-44-41-38-35-32-28-26-23-20-17-14-11-8-2/h29-30,32,35,45,48,54-55H,7-28,31,33-34,36-44,46-47,49-53H2,1-6H3,(H-,58,60,62,63)/b30-29+,35-32-,48-45+. The summed E-state index contributed by atoms with van der Waals surface area (Å²) in [5.41, 5.74) is 0. The molecular weight excluding hydrogens is 856 g/mol. The summed E-state index contributed by atoms with van der Waals surface area (Å²) in [6.07, 6.45) is 55.3. The van der Waals surface area contributed by atoms with E-state index in [-0.39, 0.29) is 24.9 Å². The molecule has 0 aromatic carbocycles. The number of carbonyl (C=O) groups is 2. The molecule has 0 heterocycles. The van der Waals surface area contributed by atoms with Gasteiger partial charge in [0.2, 0.25) is 5.91 Å². The Hall–Kier alpha value is -1.77. The van der Waals surface area contributed by atoms with E-state index in [2.05, 4.69) is 50.4 Å². The van der Waals surface area contributed by atoms with Crippen molar-refractivity contribution >= 4 is 19.7 Å². The van der Waals surface area contributed by atoms with Crippen LogP contribution in [0.3, 0.4) is 0 Å². The van der Waals surface area contributed by atoms with Gasteiger partial charge in [-0.1, -0.05) is 205 Å². The van der Waals surface area contributed by atoms with Gasteiger partial charge in [-0.2, -0.15) is 0 Å². The molecule has 3 unspecified atom stereocenters.